The van der Waals surface area contributed by atoms with Crippen LogP contribution in [0.1, 0.15) is 12.1 Å². The molecule has 2 aromatic carbocycles. The number of aryl methyl sites for hydroxylation is 1. The molecule has 26 heavy (non-hydrogen) atoms. The highest BCUT2D eigenvalue weighted by molar-refractivity contribution is 6.32. The standard InChI is InChI=1S/C21H20ClNO3/c22-18-8-4-5-9-20(18)26-15-14-23-17(11-13-21(24)25)10-12-19(23)16-6-2-1-3-7-16/h1-10,12H,11,13-15H2,(H,24,25). The lowest BCUT2D eigenvalue weighted by atomic mass is 10.1. The molecule has 0 aliphatic rings. The largest absolute Gasteiger partial charge is 0.490 e. The first kappa shape index (κ1) is 18.1. The molecule has 0 saturated heterocycles. The molecular weight excluding hydrogens is 350 g/mol. The average Bonchev–Trinajstić information content (AvgIpc) is 3.05. The Bertz CT molecular complexity index is 874. The Hall–Kier alpha value is -2.72. The fourth-order valence-corrected chi connectivity index (χ4v) is 3.09. The second-order valence-corrected chi connectivity index (χ2v) is 6.31. The van der Waals surface area contributed by atoms with Crippen LogP contribution in [0.25, 0.3) is 11.3 Å². The van der Waals surface area contributed by atoms with Crippen molar-refractivity contribution in [2.45, 2.75) is 19.4 Å². The summed E-state index contributed by atoms with van der Waals surface area (Å²) >= 11 is 6.13. The van der Waals surface area contributed by atoms with Crippen molar-refractivity contribution >= 4 is 17.6 Å². The third-order valence-electron chi connectivity index (χ3n) is 4.14. The SMILES string of the molecule is O=C(O)CCc1ccc(-c2ccccc2)n1CCOc1ccccc1Cl. The first-order chi connectivity index (χ1) is 12.6. The van der Waals surface area contributed by atoms with Crippen LogP contribution in [0, 0.1) is 0 Å². The molecule has 0 fully saturated rings. The fraction of sp³-hybridized carbons (Fsp3) is 0.190. The molecule has 0 bridgehead atoms. The first-order valence-corrected chi connectivity index (χ1v) is 8.86. The van der Waals surface area contributed by atoms with Gasteiger partial charge in [-0.2, -0.15) is 0 Å². The lowest BCUT2D eigenvalue weighted by Crippen LogP contribution is -2.13. The van der Waals surface area contributed by atoms with Crippen molar-refractivity contribution in [1.29, 1.82) is 0 Å². The zero-order valence-electron chi connectivity index (χ0n) is 14.3. The van der Waals surface area contributed by atoms with Crippen LogP contribution in [-0.4, -0.2) is 22.2 Å². The zero-order valence-corrected chi connectivity index (χ0v) is 15.0. The number of hydrogen-bond donors (Lipinski definition) is 1. The fourth-order valence-electron chi connectivity index (χ4n) is 2.90. The van der Waals surface area contributed by atoms with Gasteiger partial charge in [-0.15, -0.1) is 0 Å². The molecule has 0 unspecified atom stereocenters. The highest BCUT2D eigenvalue weighted by Crippen LogP contribution is 2.25. The van der Waals surface area contributed by atoms with Gasteiger partial charge in [-0.3, -0.25) is 4.79 Å². The second-order valence-electron chi connectivity index (χ2n) is 5.90. The molecule has 1 aromatic heterocycles. The van der Waals surface area contributed by atoms with E-state index in [1.54, 1.807) is 6.07 Å². The maximum absolute atomic E-state index is 10.9. The van der Waals surface area contributed by atoms with Gasteiger partial charge in [0.2, 0.25) is 0 Å². The van der Waals surface area contributed by atoms with E-state index in [0.717, 1.165) is 17.0 Å². The lowest BCUT2D eigenvalue weighted by molar-refractivity contribution is -0.136. The van der Waals surface area contributed by atoms with Crippen LogP contribution in [0.2, 0.25) is 5.02 Å². The number of aliphatic carboxylic acids is 1. The summed E-state index contributed by atoms with van der Waals surface area (Å²) in [5, 5.41) is 9.57. The van der Waals surface area contributed by atoms with Crippen molar-refractivity contribution in [2.75, 3.05) is 6.61 Å². The van der Waals surface area contributed by atoms with E-state index in [2.05, 4.69) is 4.57 Å². The zero-order chi connectivity index (χ0) is 18.4. The summed E-state index contributed by atoms with van der Waals surface area (Å²) < 4.78 is 7.93. The molecule has 3 aromatic rings. The van der Waals surface area contributed by atoms with Gasteiger partial charge in [0.05, 0.1) is 18.0 Å². The number of para-hydroxylation sites is 1. The lowest BCUT2D eigenvalue weighted by Gasteiger charge is -2.15. The molecule has 0 radical (unpaired) electrons. The molecule has 0 amide bonds. The summed E-state index contributed by atoms with van der Waals surface area (Å²) in [6.45, 7) is 1.05. The molecule has 0 atom stereocenters. The number of nitrogens with zero attached hydrogens (tertiary/aromatic N) is 1. The number of benzene rings is 2. The van der Waals surface area contributed by atoms with Crippen LogP contribution in [0.15, 0.2) is 66.7 Å². The highest BCUT2D eigenvalue weighted by Gasteiger charge is 2.12. The summed E-state index contributed by atoms with van der Waals surface area (Å²) in [5.74, 6) is -0.152. The number of carbonyl (C=O) groups is 1. The second kappa shape index (κ2) is 8.59. The smallest absolute Gasteiger partial charge is 0.303 e. The highest BCUT2D eigenvalue weighted by atomic mass is 35.5. The van der Waals surface area contributed by atoms with Gasteiger partial charge < -0.3 is 14.4 Å². The number of halogens is 1. The minimum atomic E-state index is -0.800. The van der Waals surface area contributed by atoms with Crippen LogP contribution in [-0.2, 0) is 17.8 Å². The van der Waals surface area contributed by atoms with Crippen LogP contribution < -0.4 is 4.74 Å². The predicted octanol–water partition coefficient (Wildman–Crippen LogP) is 4.90. The summed E-state index contributed by atoms with van der Waals surface area (Å²) in [7, 11) is 0. The van der Waals surface area contributed by atoms with E-state index in [9.17, 15) is 4.79 Å². The van der Waals surface area contributed by atoms with Crippen LogP contribution in [0.3, 0.4) is 0 Å². The van der Waals surface area contributed by atoms with Crippen molar-refractivity contribution in [1.82, 2.24) is 4.57 Å². The van der Waals surface area contributed by atoms with Crippen LogP contribution in [0.4, 0.5) is 0 Å². The Morgan fingerprint density at radius 2 is 1.73 bits per heavy atom. The molecule has 134 valence electrons. The van der Waals surface area contributed by atoms with Gasteiger partial charge in [0.15, 0.2) is 0 Å². The van der Waals surface area contributed by atoms with E-state index >= 15 is 0 Å². The van der Waals surface area contributed by atoms with E-state index in [1.807, 2.05) is 60.7 Å². The first-order valence-electron chi connectivity index (χ1n) is 8.48. The van der Waals surface area contributed by atoms with Crippen molar-refractivity contribution < 1.29 is 14.6 Å². The number of hydrogen-bond acceptors (Lipinski definition) is 2. The molecule has 0 saturated carbocycles. The van der Waals surface area contributed by atoms with Gasteiger partial charge in [-0.1, -0.05) is 54.1 Å². The molecular formula is C21H20ClNO3. The van der Waals surface area contributed by atoms with Gasteiger partial charge in [0, 0.05) is 11.4 Å². The Labute approximate surface area is 157 Å². The molecule has 5 heteroatoms. The minimum Gasteiger partial charge on any atom is -0.490 e. The summed E-state index contributed by atoms with van der Waals surface area (Å²) in [4.78, 5) is 10.9. The Balaban J connectivity index is 1.79. The van der Waals surface area contributed by atoms with E-state index < -0.39 is 5.97 Å². The molecule has 1 N–H and O–H groups in total. The van der Waals surface area contributed by atoms with E-state index in [0.29, 0.717) is 30.3 Å². The maximum atomic E-state index is 10.9. The normalized spacial score (nSPS) is 10.7. The van der Waals surface area contributed by atoms with Crippen LogP contribution in [0.5, 0.6) is 5.75 Å². The van der Waals surface area contributed by atoms with Gasteiger partial charge in [0.25, 0.3) is 0 Å². The molecule has 4 nitrogen and oxygen atoms in total. The number of rotatable bonds is 8. The third-order valence-corrected chi connectivity index (χ3v) is 4.46. The van der Waals surface area contributed by atoms with Gasteiger partial charge in [-0.25, -0.2) is 0 Å². The van der Waals surface area contributed by atoms with E-state index in [4.69, 9.17) is 21.4 Å². The molecule has 1 heterocycles. The van der Waals surface area contributed by atoms with Crippen molar-refractivity contribution in [2.24, 2.45) is 0 Å². The van der Waals surface area contributed by atoms with Gasteiger partial charge in [-0.05, 0) is 36.2 Å². The number of carboxylic acids is 1. The predicted molar refractivity (Wildman–Crippen MR) is 103 cm³/mol. The van der Waals surface area contributed by atoms with Crippen molar-refractivity contribution in [3.05, 3.63) is 77.4 Å². The van der Waals surface area contributed by atoms with Crippen LogP contribution >= 0.6 is 11.6 Å². The van der Waals surface area contributed by atoms with Crippen molar-refractivity contribution in [3.63, 3.8) is 0 Å². The Kier molecular flexibility index (Phi) is 5.97. The Morgan fingerprint density at radius 3 is 2.46 bits per heavy atom. The average molecular weight is 370 g/mol. The van der Waals surface area contributed by atoms with Crippen molar-refractivity contribution in [3.8, 4) is 17.0 Å². The topological polar surface area (TPSA) is 51.5 Å². The molecule has 3 rings (SSSR count). The quantitative estimate of drug-likeness (QED) is 0.614. The molecule has 0 aliphatic carbocycles. The summed E-state index contributed by atoms with van der Waals surface area (Å²) in [5.41, 5.74) is 3.12. The third kappa shape index (κ3) is 4.46. The van der Waals surface area contributed by atoms with Gasteiger partial charge in [0.1, 0.15) is 12.4 Å². The van der Waals surface area contributed by atoms with Gasteiger partial charge >= 0.3 is 5.97 Å². The maximum Gasteiger partial charge on any atom is 0.303 e. The van der Waals surface area contributed by atoms with E-state index in [1.165, 1.54) is 0 Å². The number of carboxylic acid groups (broad SMARTS) is 1. The number of ether oxygens (including phenoxy) is 1. The number of aromatic nitrogens is 1. The molecule has 0 aliphatic heterocycles. The summed E-state index contributed by atoms with van der Waals surface area (Å²) in [6.07, 6.45) is 0.581. The summed E-state index contributed by atoms with van der Waals surface area (Å²) in [6, 6.07) is 21.4. The minimum absolute atomic E-state index is 0.101. The molecule has 0 spiro atoms. The van der Waals surface area contributed by atoms with E-state index in [-0.39, 0.29) is 6.42 Å². The Morgan fingerprint density at radius 1 is 1.00 bits per heavy atom. The monoisotopic (exact) mass is 369 g/mol.